The van der Waals surface area contributed by atoms with Gasteiger partial charge in [-0.3, -0.25) is 9.59 Å². The fourth-order valence-corrected chi connectivity index (χ4v) is 3.23. The van der Waals surface area contributed by atoms with Gasteiger partial charge in [0.15, 0.2) is 0 Å². The number of H-pyrrole nitrogens is 1. The van der Waals surface area contributed by atoms with E-state index in [1.54, 1.807) is 0 Å². The molecule has 3 rings (SSSR count). The molecule has 26 heavy (non-hydrogen) atoms. The maximum absolute atomic E-state index is 12.3. The standard InChI is InChI=1S/C22H24N2O2/c1-15-12-16(2)19-14-18(22(26)24-20(19)13-15)8-9-21(25)23-11-10-17-6-4-3-5-7-17/h3-7,12-14H,8-11H2,1-2H3,(H,23,25)(H,24,26). The molecule has 1 amide bonds. The van der Waals surface area contributed by atoms with Crippen LogP contribution in [0.25, 0.3) is 10.9 Å². The molecular weight excluding hydrogens is 324 g/mol. The van der Waals surface area contributed by atoms with Crippen LogP contribution in [0.5, 0.6) is 0 Å². The van der Waals surface area contributed by atoms with Crippen molar-refractivity contribution in [2.75, 3.05) is 6.54 Å². The number of amides is 1. The maximum Gasteiger partial charge on any atom is 0.251 e. The first-order valence-electron chi connectivity index (χ1n) is 8.97. The third-order valence-electron chi connectivity index (χ3n) is 4.59. The van der Waals surface area contributed by atoms with E-state index in [9.17, 15) is 9.59 Å². The largest absolute Gasteiger partial charge is 0.356 e. The van der Waals surface area contributed by atoms with Crippen LogP contribution in [0.3, 0.4) is 0 Å². The number of carbonyl (C=O) groups excluding carboxylic acids is 1. The topological polar surface area (TPSA) is 62.0 Å². The number of pyridine rings is 1. The van der Waals surface area contributed by atoms with Gasteiger partial charge >= 0.3 is 0 Å². The SMILES string of the molecule is Cc1cc(C)c2cc(CCC(=O)NCCc3ccccc3)c(=O)[nH]c2c1. The van der Waals surface area contributed by atoms with Crippen molar-refractivity contribution in [3.63, 3.8) is 0 Å². The van der Waals surface area contributed by atoms with E-state index < -0.39 is 0 Å². The summed E-state index contributed by atoms with van der Waals surface area (Å²) < 4.78 is 0. The van der Waals surface area contributed by atoms with Gasteiger partial charge in [0.05, 0.1) is 0 Å². The smallest absolute Gasteiger partial charge is 0.251 e. The third kappa shape index (κ3) is 4.39. The van der Waals surface area contributed by atoms with Gasteiger partial charge in [-0.25, -0.2) is 0 Å². The van der Waals surface area contributed by atoms with Crippen LogP contribution in [-0.2, 0) is 17.6 Å². The van der Waals surface area contributed by atoms with Gasteiger partial charge in [-0.05, 0) is 55.5 Å². The lowest BCUT2D eigenvalue weighted by Crippen LogP contribution is -2.26. The minimum Gasteiger partial charge on any atom is -0.356 e. The van der Waals surface area contributed by atoms with E-state index in [-0.39, 0.29) is 11.5 Å². The molecule has 4 nitrogen and oxygen atoms in total. The molecule has 4 heteroatoms. The van der Waals surface area contributed by atoms with E-state index in [0.717, 1.165) is 28.5 Å². The maximum atomic E-state index is 12.3. The van der Waals surface area contributed by atoms with E-state index in [0.29, 0.717) is 24.9 Å². The van der Waals surface area contributed by atoms with Gasteiger partial charge in [0, 0.05) is 29.4 Å². The molecule has 0 aliphatic rings. The van der Waals surface area contributed by atoms with Crippen molar-refractivity contribution in [3.05, 3.63) is 81.1 Å². The van der Waals surface area contributed by atoms with Crippen LogP contribution >= 0.6 is 0 Å². The van der Waals surface area contributed by atoms with Crippen molar-refractivity contribution in [1.29, 1.82) is 0 Å². The highest BCUT2D eigenvalue weighted by atomic mass is 16.1. The summed E-state index contributed by atoms with van der Waals surface area (Å²) in [6, 6.07) is 16.0. The number of hydrogen-bond acceptors (Lipinski definition) is 2. The Hall–Kier alpha value is -2.88. The van der Waals surface area contributed by atoms with Crippen LogP contribution in [0.4, 0.5) is 0 Å². The number of carbonyl (C=O) groups is 1. The van der Waals surface area contributed by atoms with Crippen LogP contribution in [0, 0.1) is 13.8 Å². The van der Waals surface area contributed by atoms with E-state index >= 15 is 0 Å². The molecule has 0 spiro atoms. The average molecular weight is 348 g/mol. The molecule has 0 atom stereocenters. The molecule has 1 aromatic heterocycles. The molecule has 0 saturated heterocycles. The Morgan fingerprint density at radius 3 is 2.58 bits per heavy atom. The highest BCUT2D eigenvalue weighted by molar-refractivity contribution is 5.83. The van der Waals surface area contributed by atoms with Crippen molar-refractivity contribution in [3.8, 4) is 0 Å². The predicted molar refractivity (Wildman–Crippen MR) is 106 cm³/mol. The van der Waals surface area contributed by atoms with Crippen LogP contribution in [0.2, 0.25) is 0 Å². The van der Waals surface area contributed by atoms with E-state index in [1.165, 1.54) is 5.56 Å². The first kappa shape index (κ1) is 17.9. The number of hydrogen-bond donors (Lipinski definition) is 2. The normalized spacial score (nSPS) is 10.8. The Morgan fingerprint density at radius 2 is 1.81 bits per heavy atom. The summed E-state index contributed by atoms with van der Waals surface area (Å²) in [6.07, 6.45) is 1.56. The quantitative estimate of drug-likeness (QED) is 0.717. The van der Waals surface area contributed by atoms with Crippen molar-refractivity contribution in [2.45, 2.75) is 33.1 Å². The minimum atomic E-state index is -0.111. The average Bonchev–Trinajstić information content (AvgIpc) is 2.61. The Balaban J connectivity index is 1.59. The molecule has 0 unspecified atom stereocenters. The highest BCUT2D eigenvalue weighted by Crippen LogP contribution is 2.18. The predicted octanol–water partition coefficient (Wildman–Crippen LogP) is 3.44. The van der Waals surface area contributed by atoms with Crippen molar-refractivity contribution in [1.82, 2.24) is 10.3 Å². The van der Waals surface area contributed by atoms with E-state index in [2.05, 4.69) is 16.4 Å². The first-order chi connectivity index (χ1) is 12.5. The second kappa shape index (κ2) is 8.00. The van der Waals surface area contributed by atoms with Crippen molar-refractivity contribution >= 4 is 16.8 Å². The summed E-state index contributed by atoms with van der Waals surface area (Å²) in [5, 5.41) is 3.96. The van der Waals surface area contributed by atoms with Crippen LogP contribution in [0.1, 0.15) is 28.7 Å². The Kier molecular flexibility index (Phi) is 5.52. The lowest BCUT2D eigenvalue weighted by Gasteiger charge is -2.08. The lowest BCUT2D eigenvalue weighted by molar-refractivity contribution is -0.121. The van der Waals surface area contributed by atoms with Crippen molar-refractivity contribution in [2.24, 2.45) is 0 Å². The Bertz CT molecular complexity index is 975. The fraction of sp³-hybridized carbons (Fsp3) is 0.273. The summed E-state index contributed by atoms with van der Waals surface area (Å²) in [7, 11) is 0. The summed E-state index contributed by atoms with van der Waals surface area (Å²) in [4.78, 5) is 27.3. The summed E-state index contributed by atoms with van der Waals surface area (Å²) >= 11 is 0. The van der Waals surface area contributed by atoms with Gasteiger partial charge in [-0.15, -0.1) is 0 Å². The van der Waals surface area contributed by atoms with Gasteiger partial charge in [0.1, 0.15) is 0 Å². The van der Waals surface area contributed by atoms with Crippen LogP contribution < -0.4 is 10.9 Å². The minimum absolute atomic E-state index is 0.0268. The summed E-state index contributed by atoms with van der Waals surface area (Å²) in [6.45, 7) is 4.65. The van der Waals surface area contributed by atoms with Crippen LogP contribution in [0.15, 0.2) is 53.3 Å². The van der Waals surface area contributed by atoms with E-state index in [1.807, 2.05) is 56.3 Å². The molecule has 0 aliphatic heterocycles. The van der Waals surface area contributed by atoms with Crippen molar-refractivity contribution < 1.29 is 4.79 Å². The number of aryl methyl sites for hydroxylation is 3. The molecule has 0 fully saturated rings. The first-order valence-corrected chi connectivity index (χ1v) is 8.97. The summed E-state index contributed by atoms with van der Waals surface area (Å²) in [5.74, 6) is -0.0268. The second-order valence-electron chi connectivity index (χ2n) is 6.75. The van der Waals surface area contributed by atoms with Gasteiger partial charge in [-0.1, -0.05) is 36.4 Å². The Morgan fingerprint density at radius 1 is 1.04 bits per heavy atom. The van der Waals surface area contributed by atoms with Crippen LogP contribution in [-0.4, -0.2) is 17.4 Å². The van der Waals surface area contributed by atoms with Gasteiger partial charge in [0.25, 0.3) is 5.56 Å². The number of aromatic nitrogens is 1. The molecule has 3 aromatic rings. The Labute approximate surface area is 153 Å². The molecule has 1 heterocycles. The molecule has 0 aliphatic carbocycles. The molecule has 0 bridgehead atoms. The molecule has 0 saturated carbocycles. The number of nitrogens with one attached hydrogen (secondary N) is 2. The highest BCUT2D eigenvalue weighted by Gasteiger charge is 2.08. The number of benzene rings is 2. The molecule has 0 radical (unpaired) electrons. The fourth-order valence-electron chi connectivity index (χ4n) is 3.23. The lowest BCUT2D eigenvalue weighted by atomic mass is 10.0. The molecule has 134 valence electrons. The number of aromatic amines is 1. The second-order valence-corrected chi connectivity index (χ2v) is 6.75. The molecule has 2 N–H and O–H groups in total. The number of rotatable bonds is 6. The van der Waals surface area contributed by atoms with E-state index in [4.69, 9.17) is 0 Å². The number of fused-ring (bicyclic) bond motifs is 1. The zero-order valence-electron chi connectivity index (χ0n) is 15.3. The summed E-state index contributed by atoms with van der Waals surface area (Å²) in [5.41, 5.74) is 4.84. The molecular formula is C22H24N2O2. The molecule has 2 aromatic carbocycles. The van der Waals surface area contributed by atoms with Gasteiger partial charge in [-0.2, -0.15) is 0 Å². The van der Waals surface area contributed by atoms with Gasteiger partial charge < -0.3 is 10.3 Å². The zero-order valence-corrected chi connectivity index (χ0v) is 15.3. The zero-order chi connectivity index (χ0) is 18.5. The van der Waals surface area contributed by atoms with Gasteiger partial charge in [0.2, 0.25) is 5.91 Å². The third-order valence-corrected chi connectivity index (χ3v) is 4.59. The monoisotopic (exact) mass is 348 g/mol.